The number of allylic oxidation sites excluding steroid dienone is 1. The summed E-state index contributed by atoms with van der Waals surface area (Å²) in [4.78, 5) is 42.1. The van der Waals surface area contributed by atoms with Crippen molar-refractivity contribution in [2.24, 2.45) is 27.1 Å². The number of aliphatic imine (C=N–C) groups is 2. The van der Waals surface area contributed by atoms with Crippen LogP contribution >= 0.6 is 11.3 Å². The maximum absolute atomic E-state index is 13.3. The van der Waals surface area contributed by atoms with Gasteiger partial charge in [-0.3, -0.25) is 24.6 Å². The highest BCUT2D eigenvalue weighted by Crippen LogP contribution is 2.52. The molecule has 9 heteroatoms. The first-order valence-electron chi connectivity index (χ1n) is 10.9. The number of hydrogen-bond donors (Lipinski definition) is 2. The lowest BCUT2D eigenvalue weighted by atomic mass is 9.81. The second kappa shape index (κ2) is 9.66. The lowest BCUT2D eigenvalue weighted by Gasteiger charge is -2.26. The number of nitrogens with two attached hydrogens (primary N) is 1. The number of thiophene rings is 1. The molecule has 2 fully saturated rings. The molecule has 0 radical (unpaired) electrons. The highest BCUT2D eigenvalue weighted by molar-refractivity contribution is 7.13. The molecule has 4 rings (SSSR count). The van der Waals surface area contributed by atoms with Crippen LogP contribution in [0.3, 0.4) is 0 Å². The highest BCUT2D eigenvalue weighted by Gasteiger charge is 2.55. The van der Waals surface area contributed by atoms with Gasteiger partial charge in [0.25, 0.3) is 5.91 Å². The van der Waals surface area contributed by atoms with E-state index >= 15 is 0 Å². The highest BCUT2D eigenvalue weighted by atomic mass is 32.1. The fraction of sp³-hybridized carbons (Fsp3) is 0.375. The molecular weight excluding hydrogens is 436 g/mol. The van der Waals surface area contributed by atoms with E-state index in [0.29, 0.717) is 31.2 Å². The van der Waals surface area contributed by atoms with E-state index in [-0.39, 0.29) is 17.5 Å². The molecular formula is C24H28N6O2S. The Morgan fingerprint density at radius 3 is 2.94 bits per heavy atom. The van der Waals surface area contributed by atoms with Gasteiger partial charge in [-0.1, -0.05) is 0 Å². The molecule has 0 unspecified atom stereocenters. The first-order valence-corrected chi connectivity index (χ1v) is 11.8. The van der Waals surface area contributed by atoms with Gasteiger partial charge < -0.3 is 16.0 Å². The number of nitrogens with zero attached hydrogens (tertiary/aromatic N) is 4. The Labute approximate surface area is 197 Å². The van der Waals surface area contributed by atoms with E-state index in [2.05, 4.69) is 27.0 Å². The summed E-state index contributed by atoms with van der Waals surface area (Å²) in [5.41, 5.74) is 7.03. The van der Waals surface area contributed by atoms with Gasteiger partial charge in [-0.2, -0.15) is 0 Å². The van der Waals surface area contributed by atoms with E-state index in [9.17, 15) is 9.59 Å². The summed E-state index contributed by atoms with van der Waals surface area (Å²) in [6, 6.07) is 7.37. The van der Waals surface area contributed by atoms with Gasteiger partial charge in [0.05, 0.1) is 18.5 Å². The van der Waals surface area contributed by atoms with Crippen LogP contribution in [0.4, 0.5) is 5.69 Å². The molecule has 8 nitrogen and oxygen atoms in total. The minimum absolute atomic E-state index is 0.0838. The molecule has 2 aromatic rings. The monoisotopic (exact) mass is 464 g/mol. The zero-order valence-corrected chi connectivity index (χ0v) is 19.5. The number of pyridine rings is 1. The van der Waals surface area contributed by atoms with Gasteiger partial charge in [0, 0.05) is 53.2 Å². The molecule has 1 saturated carbocycles. The second-order valence-corrected chi connectivity index (χ2v) is 9.54. The van der Waals surface area contributed by atoms with Gasteiger partial charge in [-0.15, -0.1) is 11.3 Å². The molecule has 1 aliphatic carbocycles. The molecule has 33 heavy (non-hydrogen) atoms. The van der Waals surface area contributed by atoms with Crippen molar-refractivity contribution < 1.29 is 9.59 Å². The fourth-order valence-electron chi connectivity index (χ4n) is 4.45. The summed E-state index contributed by atoms with van der Waals surface area (Å²) in [7, 11) is 1.69. The van der Waals surface area contributed by atoms with Gasteiger partial charge in [0.1, 0.15) is 5.69 Å². The predicted octanol–water partition coefficient (Wildman–Crippen LogP) is 2.91. The van der Waals surface area contributed by atoms with Crippen molar-refractivity contribution in [2.75, 3.05) is 25.0 Å². The van der Waals surface area contributed by atoms with Gasteiger partial charge in [-0.05, 0) is 56.2 Å². The number of hydrogen-bond acceptors (Lipinski definition) is 7. The number of rotatable bonds is 9. The van der Waals surface area contributed by atoms with Gasteiger partial charge in [0.2, 0.25) is 5.91 Å². The average Bonchev–Trinajstić information content (AvgIpc) is 3.50. The second-order valence-electron chi connectivity index (χ2n) is 8.38. The fourth-order valence-corrected chi connectivity index (χ4v) is 5.39. The zero-order valence-electron chi connectivity index (χ0n) is 18.7. The lowest BCUT2D eigenvalue weighted by molar-refractivity contribution is -0.126. The minimum atomic E-state index is -0.441. The SMILES string of the molecule is C=NC[C@@]1(C2CC2)CCN(c2ccnc(C(=O)NCc3ccc(C(C=NC)=CN)s3)c2)C1=O. The van der Waals surface area contributed by atoms with Crippen LogP contribution < -0.4 is 16.0 Å². The van der Waals surface area contributed by atoms with Crippen LogP contribution in [0.5, 0.6) is 0 Å². The number of anilines is 1. The van der Waals surface area contributed by atoms with Crippen molar-refractivity contribution >= 4 is 47.3 Å². The Balaban J connectivity index is 1.43. The van der Waals surface area contributed by atoms with Gasteiger partial charge >= 0.3 is 0 Å². The van der Waals surface area contributed by atoms with Crippen LogP contribution in [0.2, 0.25) is 0 Å². The number of nitrogens with one attached hydrogen (secondary N) is 1. The quantitative estimate of drug-likeness (QED) is 0.556. The Hall–Kier alpha value is -3.33. The average molecular weight is 465 g/mol. The molecule has 0 spiro atoms. The van der Waals surface area contributed by atoms with E-state index in [4.69, 9.17) is 5.73 Å². The van der Waals surface area contributed by atoms with Crippen molar-refractivity contribution in [3.8, 4) is 0 Å². The molecule has 1 saturated heterocycles. The third-order valence-corrected chi connectivity index (χ3v) is 7.44. The summed E-state index contributed by atoms with van der Waals surface area (Å²) in [6.07, 6.45) is 7.69. The van der Waals surface area contributed by atoms with Crippen molar-refractivity contribution in [1.29, 1.82) is 0 Å². The maximum atomic E-state index is 13.3. The molecule has 3 heterocycles. The molecule has 2 aromatic heterocycles. The first-order chi connectivity index (χ1) is 16.0. The Bertz CT molecular complexity index is 1120. The molecule has 0 bridgehead atoms. The van der Waals surface area contributed by atoms with Crippen LogP contribution in [0, 0.1) is 11.3 Å². The number of carbonyl (C=O) groups is 2. The van der Waals surface area contributed by atoms with Crippen molar-refractivity contribution in [2.45, 2.75) is 25.8 Å². The van der Waals surface area contributed by atoms with Crippen molar-refractivity contribution in [1.82, 2.24) is 10.3 Å². The van der Waals surface area contributed by atoms with Crippen LogP contribution in [-0.2, 0) is 11.3 Å². The number of carbonyl (C=O) groups excluding carboxylic acids is 2. The van der Waals surface area contributed by atoms with E-state index < -0.39 is 5.41 Å². The Morgan fingerprint density at radius 2 is 2.24 bits per heavy atom. The van der Waals surface area contributed by atoms with E-state index in [0.717, 1.165) is 34.6 Å². The van der Waals surface area contributed by atoms with Gasteiger partial charge in [-0.25, -0.2) is 0 Å². The molecule has 1 aliphatic heterocycles. The van der Waals surface area contributed by atoms with Crippen LogP contribution in [0.25, 0.3) is 5.57 Å². The molecule has 2 amide bonds. The Kier molecular flexibility index (Phi) is 6.69. The third-order valence-electron chi connectivity index (χ3n) is 6.31. The molecule has 172 valence electrons. The van der Waals surface area contributed by atoms with Crippen LogP contribution in [0.15, 0.2) is 46.6 Å². The number of aromatic nitrogens is 1. The van der Waals surface area contributed by atoms with E-state index in [1.54, 1.807) is 36.5 Å². The molecule has 0 aromatic carbocycles. The summed E-state index contributed by atoms with van der Waals surface area (Å²) < 4.78 is 0. The maximum Gasteiger partial charge on any atom is 0.270 e. The Morgan fingerprint density at radius 1 is 1.42 bits per heavy atom. The van der Waals surface area contributed by atoms with Crippen LogP contribution in [0.1, 0.15) is 39.5 Å². The predicted molar refractivity (Wildman–Crippen MR) is 133 cm³/mol. The zero-order chi connectivity index (χ0) is 23.4. The standard InChI is InChI=1S/C24H28N6O2S/c1-26-13-16(12-25)21-6-5-19(33-21)14-29-22(31)20-11-18(7-9-28-20)30-10-8-24(15-27-2,23(30)32)17-3-4-17/h5-7,9,11-13,17H,2-4,8,10,14-15,25H2,1H3,(H,29,31)/t24-/m1/s1. The molecule has 2 aliphatic rings. The number of amides is 2. The van der Waals surface area contributed by atoms with Crippen molar-refractivity contribution in [3.63, 3.8) is 0 Å². The minimum Gasteiger partial charge on any atom is -0.404 e. The smallest absolute Gasteiger partial charge is 0.270 e. The third kappa shape index (κ3) is 4.59. The largest absolute Gasteiger partial charge is 0.404 e. The normalized spacial score (nSPS) is 21.1. The lowest BCUT2D eigenvalue weighted by Crippen LogP contribution is -2.38. The molecule has 3 N–H and O–H groups in total. The summed E-state index contributed by atoms with van der Waals surface area (Å²) in [5, 5.41) is 2.91. The summed E-state index contributed by atoms with van der Waals surface area (Å²) in [6.45, 7) is 5.07. The van der Waals surface area contributed by atoms with Crippen molar-refractivity contribution in [3.05, 3.63) is 52.1 Å². The van der Waals surface area contributed by atoms with Gasteiger partial charge in [0.15, 0.2) is 0 Å². The molecule has 1 atom stereocenters. The summed E-state index contributed by atoms with van der Waals surface area (Å²) >= 11 is 1.54. The first kappa shape index (κ1) is 22.8. The van der Waals surface area contributed by atoms with Crippen LogP contribution in [-0.4, -0.2) is 49.9 Å². The van der Waals surface area contributed by atoms with E-state index in [1.165, 1.54) is 17.5 Å². The summed E-state index contributed by atoms with van der Waals surface area (Å²) in [5.74, 6) is 0.184. The van der Waals surface area contributed by atoms with E-state index in [1.807, 2.05) is 12.1 Å². The topological polar surface area (TPSA) is 113 Å².